The Balaban J connectivity index is 1.42. The summed E-state index contributed by atoms with van der Waals surface area (Å²) >= 11 is 7.01. The van der Waals surface area contributed by atoms with Crippen LogP contribution in [0.15, 0.2) is 46.5 Å². The van der Waals surface area contributed by atoms with E-state index in [1.807, 2.05) is 17.5 Å². The van der Waals surface area contributed by atoms with Gasteiger partial charge in [0, 0.05) is 69.1 Å². The van der Waals surface area contributed by atoms with Crippen molar-refractivity contribution >= 4 is 40.7 Å². The van der Waals surface area contributed by atoms with E-state index in [2.05, 4.69) is 26.7 Å². The topological polar surface area (TPSA) is 68.2 Å². The van der Waals surface area contributed by atoms with Gasteiger partial charge < -0.3 is 15.3 Å². The maximum atomic E-state index is 12.4. The van der Waals surface area contributed by atoms with Crippen LogP contribution < -0.4 is 5.32 Å². The van der Waals surface area contributed by atoms with Gasteiger partial charge in [-0.1, -0.05) is 12.1 Å². The Morgan fingerprint density at radius 3 is 2.83 bits per heavy atom. The van der Waals surface area contributed by atoms with E-state index in [0.29, 0.717) is 31.5 Å². The van der Waals surface area contributed by atoms with Gasteiger partial charge in [0.05, 0.1) is 12.1 Å². The summed E-state index contributed by atoms with van der Waals surface area (Å²) in [6.45, 7) is 9.45. The lowest BCUT2D eigenvalue weighted by atomic mass is 9.86. The van der Waals surface area contributed by atoms with Crippen LogP contribution in [0, 0.1) is 0 Å². The number of Topliss-reactive ketones (excluding diaryl/α,β-unsaturated/α-hetero) is 1. The first kappa shape index (κ1) is 21.7. The van der Waals surface area contributed by atoms with Crippen LogP contribution in [-0.4, -0.2) is 77.8 Å². The Hall–Kier alpha value is -2.03. The highest BCUT2D eigenvalue weighted by Crippen LogP contribution is 2.35. The second kappa shape index (κ2) is 10.7. The summed E-state index contributed by atoms with van der Waals surface area (Å²) in [5.41, 5.74) is 0.376. The molecular weight excluding hydrogens is 404 g/mol. The first-order valence-corrected chi connectivity index (χ1v) is 11.2. The Kier molecular flexibility index (Phi) is 7.97. The highest BCUT2D eigenvalue weighted by molar-refractivity contribution is 7.80. The first-order valence-electron chi connectivity index (χ1n) is 9.93. The van der Waals surface area contributed by atoms with Crippen LogP contribution in [0.5, 0.6) is 0 Å². The number of thiophene rings is 1. The molecule has 1 unspecified atom stereocenters. The third kappa shape index (κ3) is 5.98. The van der Waals surface area contributed by atoms with Crippen LogP contribution in [0.1, 0.15) is 23.6 Å². The Labute approximate surface area is 181 Å². The lowest BCUT2D eigenvalue weighted by Crippen LogP contribution is -2.52. The zero-order chi connectivity index (χ0) is 20.6. The predicted octanol–water partition coefficient (Wildman–Crippen LogP) is 2.76. The van der Waals surface area contributed by atoms with Gasteiger partial charge in [0.2, 0.25) is 0 Å². The van der Waals surface area contributed by atoms with Crippen molar-refractivity contribution in [2.75, 3.05) is 45.8 Å². The summed E-state index contributed by atoms with van der Waals surface area (Å²) in [5, 5.41) is 16.3. The molecule has 1 saturated heterocycles. The molecule has 1 aliphatic carbocycles. The molecule has 0 saturated carbocycles. The minimum Gasteiger partial charge on any atom is -0.511 e. The van der Waals surface area contributed by atoms with E-state index in [-0.39, 0.29) is 17.5 Å². The zero-order valence-electron chi connectivity index (χ0n) is 16.5. The SMILES string of the molecule is C=CCNC(=S)N1CCN(CCN=CC2=C(O)CC(c3cccs3)CC2=O)CC1. The minimum atomic E-state index is -0.0231. The smallest absolute Gasteiger partial charge is 0.169 e. The number of aliphatic imine (C=N–C) groups is 1. The molecule has 0 aromatic carbocycles. The molecule has 0 amide bonds. The van der Waals surface area contributed by atoms with Gasteiger partial charge >= 0.3 is 0 Å². The van der Waals surface area contributed by atoms with Gasteiger partial charge in [-0.3, -0.25) is 14.7 Å². The third-order valence-electron chi connectivity index (χ3n) is 5.25. The average molecular weight is 433 g/mol. The number of hydrogen-bond acceptors (Lipinski definition) is 6. The number of thiocarbonyl (C=S) groups is 1. The molecule has 6 nitrogen and oxygen atoms in total. The molecule has 1 aromatic heterocycles. The average Bonchev–Trinajstić information content (AvgIpc) is 3.26. The number of nitrogens with zero attached hydrogens (tertiary/aromatic N) is 3. The number of allylic oxidation sites excluding steroid dienone is 2. The molecule has 1 atom stereocenters. The maximum absolute atomic E-state index is 12.4. The summed E-state index contributed by atoms with van der Waals surface area (Å²) in [4.78, 5) is 22.5. The van der Waals surface area contributed by atoms with Crippen molar-refractivity contribution in [3.05, 3.63) is 46.4 Å². The van der Waals surface area contributed by atoms with Crippen molar-refractivity contribution in [3.8, 4) is 0 Å². The quantitative estimate of drug-likeness (QED) is 0.392. The van der Waals surface area contributed by atoms with Gasteiger partial charge in [-0.05, 0) is 23.7 Å². The van der Waals surface area contributed by atoms with Crippen molar-refractivity contribution in [2.24, 2.45) is 4.99 Å². The van der Waals surface area contributed by atoms with Gasteiger partial charge in [-0.15, -0.1) is 17.9 Å². The number of rotatable bonds is 7. The number of carbonyl (C=O) groups excluding carboxylic acids is 1. The Bertz CT molecular complexity index is 781. The number of nitrogens with one attached hydrogen (secondary N) is 1. The van der Waals surface area contributed by atoms with E-state index in [4.69, 9.17) is 12.2 Å². The van der Waals surface area contributed by atoms with Crippen molar-refractivity contribution < 1.29 is 9.90 Å². The number of aliphatic hydroxyl groups is 1. The molecule has 0 radical (unpaired) electrons. The molecule has 156 valence electrons. The highest BCUT2D eigenvalue weighted by Gasteiger charge is 2.28. The second-order valence-corrected chi connectivity index (χ2v) is 8.61. The van der Waals surface area contributed by atoms with Gasteiger partial charge in [0.25, 0.3) is 0 Å². The number of hydrogen-bond donors (Lipinski definition) is 2. The Morgan fingerprint density at radius 2 is 2.17 bits per heavy atom. The van der Waals surface area contributed by atoms with Gasteiger partial charge in [-0.25, -0.2) is 0 Å². The molecule has 2 aliphatic rings. The molecule has 0 bridgehead atoms. The molecule has 8 heteroatoms. The van der Waals surface area contributed by atoms with Crippen molar-refractivity contribution in [3.63, 3.8) is 0 Å². The fourth-order valence-electron chi connectivity index (χ4n) is 3.58. The fraction of sp³-hybridized carbons (Fsp3) is 0.476. The number of carbonyl (C=O) groups is 1. The summed E-state index contributed by atoms with van der Waals surface area (Å²) < 4.78 is 0. The van der Waals surface area contributed by atoms with Gasteiger partial charge in [-0.2, -0.15) is 0 Å². The van der Waals surface area contributed by atoms with E-state index in [0.717, 1.165) is 42.7 Å². The number of piperazine rings is 1. The summed E-state index contributed by atoms with van der Waals surface area (Å²) in [7, 11) is 0. The maximum Gasteiger partial charge on any atom is 0.169 e. The predicted molar refractivity (Wildman–Crippen MR) is 123 cm³/mol. The van der Waals surface area contributed by atoms with Crippen LogP contribution in [-0.2, 0) is 4.79 Å². The molecule has 29 heavy (non-hydrogen) atoms. The number of ketones is 1. The van der Waals surface area contributed by atoms with E-state index in [1.54, 1.807) is 23.6 Å². The van der Waals surface area contributed by atoms with Crippen LogP contribution in [0.2, 0.25) is 0 Å². The molecule has 1 aliphatic heterocycles. The molecule has 2 N–H and O–H groups in total. The van der Waals surface area contributed by atoms with Gasteiger partial charge in [0.15, 0.2) is 10.9 Å². The molecule has 2 heterocycles. The molecular formula is C21H28N4O2S2. The molecule has 0 spiro atoms. The van der Waals surface area contributed by atoms with Crippen molar-refractivity contribution in [1.29, 1.82) is 0 Å². The van der Waals surface area contributed by atoms with Gasteiger partial charge in [0.1, 0.15) is 5.76 Å². The van der Waals surface area contributed by atoms with Crippen LogP contribution in [0.3, 0.4) is 0 Å². The third-order valence-corrected chi connectivity index (χ3v) is 6.69. The first-order chi connectivity index (χ1) is 14.1. The van der Waals surface area contributed by atoms with Crippen molar-refractivity contribution in [1.82, 2.24) is 15.1 Å². The lowest BCUT2D eigenvalue weighted by molar-refractivity contribution is -0.116. The van der Waals surface area contributed by atoms with E-state index >= 15 is 0 Å². The monoisotopic (exact) mass is 432 g/mol. The molecule has 1 aromatic rings. The Morgan fingerprint density at radius 1 is 1.38 bits per heavy atom. The molecule has 1 fully saturated rings. The van der Waals surface area contributed by atoms with Crippen molar-refractivity contribution in [2.45, 2.75) is 18.8 Å². The van der Waals surface area contributed by atoms with E-state index < -0.39 is 0 Å². The normalized spacial score (nSPS) is 21.0. The summed E-state index contributed by atoms with van der Waals surface area (Å²) in [5.74, 6) is 0.227. The molecule has 3 rings (SSSR count). The van der Waals surface area contributed by atoms with Crippen LogP contribution in [0.4, 0.5) is 0 Å². The van der Waals surface area contributed by atoms with E-state index in [9.17, 15) is 9.90 Å². The summed E-state index contributed by atoms with van der Waals surface area (Å²) in [6, 6.07) is 4.00. The van der Waals surface area contributed by atoms with E-state index in [1.165, 1.54) is 0 Å². The summed E-state index contributed by atoms with van der Waals surface area (Å²) in [6.07, 6.45) is 4.31. The minimum absolute atomic E-state index is 0.0231. The van der Waals surface area contributed by atoms with Crippen LogP contribution in [0.25, 0.3) is 0 Å². The zero-order valence-corrected chi connectivity index (χ0v) is 18.2. The standard InChI is InChI=1S/C21H28N4O2S2/c1-2-5-23-21(28)25-10-8-24(9-11-25)7-6-22-15-17-18(26)13-16(14-19(17)27)20-4-3-12-29-20/h2-4,12,15-16,26H,1,5-11,13-14H2,(H,23,28). The lowest BCUT2D eigenvalue weighted by Gasteiger charge is -2.35. The second-order valence-electron chi connectivity index (χ2n) is 7.24. The van der Waals surface area contributed by atoms with Crippen LogP contribution >= 0.6 is 23.6 Å². The largest absolute Gasteiger partial charge is 0.511 e. The number of aliphatic hydroxyl groups excluding tert-OH is 1. The fourth-order valence-corrected chi connectivity index (χ4v) is 4.68. The highest BCUT2D eigenvalue weighted by atomic mass is 32.1.